The summed E-state index contributed by atoms with van der Waals surface area (Å²) in [5, 5.41) is 6.94. The van der Waals surface area contributed by atoms with Crippen LogP contribution in [0.15, 0.2) is 53.4 Å². The molecule has 0 aromatic heterocycles. The fraction of sp³-hybridized carbons (Fsp3) is 0.222. The van der Waals surface area contributed by atoms with Crippen LogP contribution in [-0.4, -0.2) is 43.3 Å². The van der Waals surface area contributed by atoms with E-state index in [2.05, 4.69) is 16.0 Å². The quantitative estimate of drug-likeness (QED) is 0.613. The SMILES string of the molecule is O=C(CSC1NCC(S(=O)(=O)c2cccc(Cl)c2)C(=O)N1)Nc1cccc(F)c1. The summed E-state index contributed by atoms with van der Waals surface area (Å²) in [6.07, 6.45) is 0. The molecule has 1 aliphatic rings. The Morgan fingerprint density at radius 3 is 2.69 bits per heavy atom. The number of halogens is 2. The molecule has 2 atom stereocenters. The van der Waals surface area contributed by atoms with Gasteiger partial charge in [0.05, 0.1) is 10.6 Å². The highest BCUT2D eigenvalue weighted by molar-refractivity contribution is 8.00. The zero-order valence-electron chi connectivity index (χ0n) is 14.9. The van der Waals surface area contributed by atoms with Gasteiger partial charge in [-0.3, -0.25) is 14.9 Å². The predicted molar refractivity (Wildman–Crippen MR) is 110 cm³/mol. The van der Waals surface area contributed by atoms with E-state index in [0.29, 0.717) is 5.69 Å². The number of nitrogens with one attached hydrogen (secondary N) is 3. The molecule has 2 unspecified atom stereocenters. The lowest BCUT2D eigenvalue weighted by atomic mass is 10.3. The number of carbonyl (C=O) groups excluding carboxylic acids is 2. The van der Waals surface area contributed by atoms with E-state index in [1.807, 2.05) is 0 Å². The maximum Gasteiger partial charge on any atom is 0.241 e. The fourth-order valence-corrected chi connectivity index (χ4v) is 5.27. The summed E-state index contributed by atoms with van der Waals surface area (Å²) in [6, 6.07) is 11.2. The molecule has 11 heteroatoms. The Morgan fingerprint density at radius 1 is 1.24 bits per heavy atom. The summed E-state index contributed by atoms with van der Waals surface area (Å²) < 4.78 is 38.5. The van der Waals surface area contributed by atoms with Crippen LogP contribution in [0.1, 0.15) is 0 Å². The summed E-state index contributed by atoms with van der Waals surface area (Å²) in [6.45, 7) is -0.107. The molecule has 1 aliphatic heterocycles. The van der Waals surface area contributed by atoms with E-state index < -0.39 is 32.3 Å². The van der Waals surface area contributed by atoms with Crippen molar-refractivity contribution in [2.45, 2.75) is 15.6 Å². The van der Waals surface area contributed by atoms with Crippen molar-refractivity contribution in [3.63, 3.8) is 0 Å². The zero-order valence-corrected chi connectivity index (χ0v) is 17.3. The van der Waals surface area contributed by atoms with Crippen LogP contribution in [-0.2, 0) is 19.4 Å². The number of hydrogen-bond acceptors (Lipinski definition) is 6. The molecule has 2 aromatic rings. The largest absolute Gasteiger partial charge is 0.331 e. The molecule has 1 heterocycles. The molecule has 3 N–H and O–H groups in total. The smallest absolute Gasteiger partial charge is 0.241 e. The molecule has 0 radical (unpaired) electrons. The Balaban J connectivity index is 1.55. The number of thioether (sulfide) groups is 1. The molecular weight excluding hydrogens is 441 g/mol. The van der Waals surface area contributed by atoms with Crippen LogP contribution in [0.5, 0.6) is 0 Å². The highest BCUT2D eigenvalue weighted by atomic mass is 35.5. The molecule has 3 rings (SSSR count). The number of rotatable bonds is 6. The summed E-state index contributed by atoms with van der Waals surface area (Å²) in [5.74, 6) is -1.54. The molecule has 7 nitrogen and oxygen atoms in total. The van der Waals surface area contributed by atoms with E-state index in [1.165, 1.54) is 36.4 Å². The lowest BCUT2D eigenvalue weighted by Gasteiger charge is -2.29. The van der Waals surface area contributed by atoms with Crippen molar-refractivity contribution in [1.82, 2.24) is 10.6 Å². The summed E-state index contributed by atoms with van der Waals surface area (Å²) >= 11 is 6.92. The minimum atomic E-state index is -3.92. The van der Waals surface area contributed by atoms with Gasteiger partial charge in [0.2, 0.25) is 11.8 Å². The molecule has 154 valence electrons. The normalized spacial score (nSPS) is 19.4. The van der Waals surface area contributed by atoms with E-state index in [-0.39, 0.29) is 28.1 Å². The number of sulfone groups is 1. The first-order chi connectivity index (χ1) is 13.8. The van der Waals surface area contributed by atoms with E-state index >= 15 is 0 Å². The first-order valence-electron chi connectivity index (χ1n) is 8.46. The summed E-state index contributed by atoms with van der Waals surface area (Å²) in [4.78, 5) is 24.3. The summed E-state index contributed by atoms with van der Waals surface area (Å²) in [7, 11) is -3.92. The molecule has 29 heavy (non-hydrogen) atoms. The highest BCUT2D eigenvalue weighted by Gasteiger charge is 2.38. The van der Waals surface area contributed by atoms with Crippen LogP contribution in [0.4, 0.5) is 10.1 Å². The molecule has 0 aliphatic carbocycles. The first-order valence-corrected chi connectivity index (χ1v) is 11.4. The Bertz CT molecular complexity index is 1040. The Labute approximate surface area is 176 Å². The minimum absolute atomic E-state index is 0.0276. The van der Waals surface area contributed by atoms with Gasteiger partial charge in [-0.1, -0.05) is 23.7 Å². The second kappa shape index (κ2) is 9.12. The maximum absolute atomic E-state index is 13.1. The second-order valence-electron chi connectivity index (χ2n) is 6.16. The van der Waals surface area contributed by atoms with Crippen molar-refractivity contribution < 1.29 is 22.4 Å². The van der Waals surface area contributed by atoms with Crippen molar-refractivity contribution in [2.24, 2.45) is 0 Å². The topological polar surface area (TPSA) is 104 Å². The Morgan fingerprint density at radius 2 is 2.00 bits per heavy atom. The standard InChI is InChI=1S/C18H17ClFN3O4S2/c19-11-3-1-6-14(7-11)29(26,27)15-9-21-18(23-17(15)25)28-10-16(24)22-13-5-2-4-12(20)8-13/h1-8,15,18,21H,9-10H2,(H,22,24)(H,23,25). The van der Waals surface area contributed by atoms with Crippen molar-refractivity contribution in [3.8, 4) is 0 Å². The van der Waals surface area contributed by atoms with Crippen LogP contribution in [0.2, 0.25) is 5.02 Å². The van der Waals surface area contributed by atoms with Crippen LogP contribution in [0.3, 0.4) is 0 Å². The van der Waals surface area contributed by atoms with E-state index in [0.717, 1.165) is 11.8 Å². The van der Waals surface area contributed by atoms with E-state index in [4.69, 9.17) is 11.6 Å². The summed E-state index contributed by atoms with van der Waals surface area (Å²) in [5.41, 5.74) is -0.310. The van der Waals surface area contributed by atoms with Gasteiger partial charge in [0.1, 0.15) is 11.3 Å². The molecular formula is C18H17ClFN3O4S2. The highest BCUT2D eigenvalue weighted by Crippen LogP contribution is 2.22. The van der Waals surface area contributed by atoms with Gasteiger partial charge in [-0.05, 0) is 36.4 Å². The van der Waals surface area contributed by atoms with Gasteiger partial charge < -0.3 is 10.6 Å². The van der Waals surface area contributed by atoms with Crippen molar-refractivity contribution >= 4 is 50.7 Å². The molecule has 0 bridgehead atoms. The van der Waals surface area contributed by atoms with Crippen molar-refractivity contribution in [3.05, 3.63) is 59.4 Å². The second-order valence-corrected chi connectivity index (χ2v) is 9.82. The average molecular weight is 458 g/mol. The lowest BCUT2D eigenvalue weighted by molar-refractivity contribution is -0.122. The molecule has 1 fully saturated rings. The third kappa shape index (κ3) is 5.47. The monoisotopic (exact) mass is 457 g/mol. The Kier molecular flexibility index (Phi) is 6.78. The van der Waals surface area contributed by atoms with Gasteiger partial charge in [-0.2, -0.15) is 0 Å². The molecule has 1 saturated heterocycles. The van der Waals surface area contributed by atoms with Gasteiger partial charge in [-0.15, -0.1) is 11.8 Å². The molecule has 2 amide bonds. The minimum Gasteiger partial charge on any atom is -0.331 e. The third-order valence-electron chi connectivity index (χ3n) is 4.04. The van der Waals surface area contributed by atoms with Crippen LogP contribution in [0.25, 0.3) is 0 Å². The van der Waals surface area contributed by atoms with Crippen LogP contribution in [0, 0.1) is 5.82 Å². The Hall–Kier alpha value is -2.14. The van der Waals surface area contributed by atoms with E-state index in [9.17, 15) is 22.4 Å². The average Bonchev–Trinajstić information content (AvgIpc) is 2.66. The van der Waals surface area contributed by atoms with Gasteiger partial charge in [0, 0.05) is 17.3 Å². The third-order valence-corrected chi connectivity index (χ3v) is 7.37. The molecule has 0 spiro atoms. The number of benzene rings is 2. The van der Waals surface area contributed by atoms with Crippen molar-refractivity contribution in [2.75, 3.05) is 17.6 Å². The number of carbonyl (C=O) groups is 2. The molecule has 2 aromatic carbocycles. The van der Waals surface area contributed by atoms with Gasteiger partial charge in [0.25, 0.3) is 0 Å². The first kappa shape index (κ1) is 21.6. The maximum atomic E-state index is 13.1. The predicted octanol–water partition coefficient (Wildman–Crippen LogP) is 2.00. The van der Waals surface area contributed by atoms with Crippen LogP contribution >= 0.6 is 23.4 Å². The van der Waals surface area contributed by atoms with Crippen molar-refractivity contribution in [1.29, 1.82) is 0 Å². The number of anilines is 1. The zero-order chi connectivity index (χ0) is 21.0. The van der Waals surface area contributed by atoms with Gasteiger partial charge in [0.15, 0.2) is 15.1 Å². The molecule has 0 saturated carbocycles. The van der Waals surface area contributed by atoms with E-state index in [1.54, 1.807) is 12.1 Å². The van der Waals surface area contributed by atoms with Crippen LogP contribution < -0.4 is 16.0 Å². The number of hydrogen-bond donors (Lipinski definition) is 3. The fourth-order valence-electron chi connectivity index (χ4n) is 2.66. The number of amides is 2. The van der Waals surface area contributed by atoms with Gasteiger partial charge >= 0.3 is 0 Å². The lowest BCUT2D eigenvalue weighted by Crippen LogP contribution is -2.59. The van der Waals surface area contributed by atoms with Gasteiger partial charge in [-0.25, -0.2) is 12.8 Å².